The number of hydrogen-bond acceptors (Lipinski definition) is 3. The molecule has 0 radical (unpaired) electrons. The van der Waals surface area contributed by atoms with Crippen LogP contribution in [-0.2, 0) is 0 Å². The van der Waals surface area contributed by atoms with E-state index in [0.717, 1.165) is 5.69 Å². The van der Waals surface area contributed by atoms with Crippen molar-refractivity contribution in [2.24, 2.45) is 0 Å². The number of nitrogens with zero attached hydrogens (tertiary/aromatic N) is 2. The first-order valence-electron chi connectivity index (χ1n) is 5.09. The zero-order valence-electron chi connectivity index (χ0n) is 8.21. The fraction of sp³-hybridized carbons (Fsp3) is 0.364. The lowest BCUT2D eigenvalue weighted by Gasteiger charge is -2.10. The molecular formula is C11H12N2O2. The van der Waals surface area contributed by atoms with Crippen LogP contribution in [0.25, 0.3) is 0 Å². The lowest BCUT2D eigenvalue weighted by atomic mass is 10.2. The molecule has 2 heterocycles. The molecule has 4 nitrogen and oxygen atoms in total. The summed E-state index contributed by atoms with van der Waals surface area (Å²) in [5, 5.41) is 10.1. The Morgan fingerprint density at radius 2 is 2.40 bits per heavy atom. The Morgan fingerprint density at radius 3 is 3.07 bits per heavy atom. The predicted octanol–water partition coefficient (Wildman–Crippen LogP) is 1.89. The summed E-state index contributed by atoms with van der Waals surface area (Å²) in [7, 11) is 0. The summed E-state index contributed by atoms with van der Waals surface area (Å²) in [6, 6.07) is 4.07. The van der Waals surface area contributed by atoms with E-state index in [4.69, 9.17) is 4.42 Å². The van der Waals surface area contributed by atoms with Gasteiger partial charge in [0.15, 0.2) is 6.10 Å². The maximum atomic E-state index is 10.1. The van der Waals surface area contributed by atoms with E-state index in [9.17, 15) is 5.11 Å². The summed E-state index contributed by atoms with van der Waals surface area (Å²) in [6.07, 6.45) is 6.69. The second-order valence-corrected chi connectivity index (χ2v) is 3.87. The smallest absolute Gasteiger partial charge is 0.153 e. The summed E-state index contributed by atoms with van der Waals surface area (Å²) >= 11 is 0. The van der Waals surface area contributed by atoms with Crippen LogP contribution in [0.3, 0.4) is 0 Å². The summed E-state index contributed by atoms with van der Waals surface area (Å²) in [5.74, 6) is 0.567. The molecule has 0 aliphatic heterocycles. The van der Waals surface area contributed by atoms with Gasteiger partial charge in [-0.1, -0.05) is 0 Å². The maximum absolute atomic E-state index is 10.1. The van der Waals surface area contributed by atoms with Crippen LogP contribution in [0.4, 0.5) is 0 Å². The summed E-state index contributed by atoms with van der Waals surface area (Å²) < 4.78 is 7.22. The molecule has 78 valence electrons. The van der Waals surface area contributed by atoms with E-state index in [1.165, 1.54) is 12.8 Å². The number of aliphatic hydroxyl groups excluding tert-OH is 1. The first-order valence-corrected chi connectivity index (χ1v) is 5.09. The van der Waals surface area contributed by atoms with Crippen molar-refractivity contribution in [1.29, 1.82) is 0 Å². The lowest BCUT2D eigenvalue weighted by molar-refractivity contribution is 0.180. The Labute approximate surface area is 87.2 Å². The van der Waals surface area contributed by atoms with Crippen LogP contribution < -0.4 is 0 Å². The average Bonchev–Trinajstić information content (AvgIpc) is 2.82. The molecule has 0 spiro atoms. The summed E-state index contributed by atoms with van der Waals surface area (Å²) in [4.78, 5) is 4.08. The molecular weight excluding hydrogens is 192 g/mol. The van der Waals surface area contributed by atoms with E-state index in [1.54, 1.807) is 30.9 Å². The molecule has 2 aromatic heterocycles. The minimum Gasteiger partial charge on any atom is -0.466 e. The number of aliphatic hydroxyl groups is 1. The van der Waals surface area contributed by atoms with Gasteiger partial charge in [-0.3, -0.25) is 0 Å². The Morgan fingerprint density at radius 1 is 1.53 bits per heavy atom. The van der Waals surface area contributed by atoms with Gasteiger partial charge in [0.25, 0.3) is 0 Å². The molecule has 4 heteroatoms. The first kappa shape index (κ1) is 8.73. The highest BCUT2D eigenvalue weighted by Crippen LogP contribution is 2.37. The third-order valence-electron chi connectivity index (χ3n) is 2.73. The van der Waals surface area contributed by atoms with Crippen LogP contribution in [0.15, 0.2) is 35.3 Å². The van der Waals surface area contributed by atoms with Crippen LogP contribution in [-0.4, -0.2) is 14.7 Å². The van der Waals surface area contributed by atoms with Gasteiger partial charge in [-0.15, -0.1) is 0 Å². The molecule has 1 saturated carbocycles. The molecule has 0 saturated heterocycles. The third-order valence-corrected chi connectivity index (χ3v) is 2.73. The fourth-order valence-corrected chi connectivity index (χ4v) is 1.78. The highest BCUT2D eigenvalue weighted by molar-refractivity contribution is 5.17. The van der Waals surface area contributed by atoms with Crippen molar-refractivity contribution in [2.75, 3.05) is 0 Å². The van der Waals surface area contributed by atoms with Gasteiger partial charge in [-0.25, -0.2) is 4.98 Å². The van der Waals surface area contributed by atoms with Gasteiger partial charge in [-0.2, -0.15) is 0 Å². The molecule has 0 aromatic carbocycles. The van der Waals surface area contributed by atoms with E-state index in [2.05, 4.69) is 4.98 Å². The van der Waals surface area contributed by atoms with Crippen LogP contribution in [0.2, 0.25) is 0 Å². The molecule has 1 unspecified atom stereocenters. The second kappa shape index (κ2) is 3.24. The Bertz CT molecular complexity index is 443. The van der Waals surface area contributed by atoms with Crippen LogP contribution in [0, 0.1) is 0 Å². The van der Waals surface area contributed by atoms with Gasteiger partial charge in [0.2, 0.25) is 0 Å². The lowest BCUT2D eigenvalue weighted by Crippen LogP contribution is -2.06. The topological polar surface area (TPSA) is 51.2 Å². The van der Waals surface area contributed by atoms with Crippen molar-refractivity contribution in [3.8, 4) is 0 Å². The molecule has 0 bridgehead atoms. The Kier molecular flexibility index (Phi) is 1.89. The van der Waals surface area contributed by atoms with Gasteiger partial charge in [0.05, 0.1) is 24.5 Å². The molecule has 0 amide bonds. The Hall–Kier alpha value is -1.55. The fourth-order valence-electron chi connectivity index (χ4n) is 1.78. The molecule has 2 aromatic rings. The highest BCUT2D eigenvalue weighted by Gasteiger charge is 2.28. The summed E-state index contributed by atoms with van der Waals surface area (Å²) in [6.45, 7) is 0. The van der Waals surface area contributed by atoms with Crippen LogP contribution in [0.1, 0.15) is 36.4 Å². The highest BCUT2D eigenvalue weighted by atomic mass is 16.4. The molecule has 1 fully saturated rings. The second-order valence-electron chi connectivity index (χ2n) is 3.87. The number of aromatic nitrogens is 2. The van der Waals surface area contributed by atoms with Gasteiger partial charge >= 0.3 is 0 Å². The van der Waals surface area contributed by atoms with Crippen molar-refractivity contribution in [2.45, 2.75) is 25.0 Å². The van der Waals surface area contributed by atoms with Crippen molar-refractivity contribution >= 4 is 0 Å². The minimum absolute atomic E-state index is 0.520. The molecule has 1 aliphatic rings. The van der Waals surface area contributed by atoms with Gasteiger partial charge < -0.3 is 14.1 Å². The third kappa shape index (κ3) is 1.47. The number of furan rings is 1. The van der Waals surface area contributed by atoms with E-state index in [0.29, 0.717) is 11.8 Å². The monoisotopic (exact) mass is 204 g/mol. The molecule has 1 atom stereocenters. The van der Waals surface area contributed by atoms with Gasteiger partial charge in [-0.05, 0) is 25.0 Å². The number of rotatable bonds is 3. The number of imidazole rings is 1. The van der Waals surface area contributed by atoms with Gasteiger partial charge in [0, 0.05) is 6.04 Å². The largest absolute Gasteiger partial charge is 0.466 e. The van der Waals surface area contributed by atoms with Crippen LogP contribution >= 0.6 is 0 Å². The zero-order chi connectivity index (χ0) is 10.3. The van der Waals surface area contributed by atoms with E-state index >= 15 is 0 Å². The van der Waals surface area contributed by atoms with E-state index < -0.39 is 6.10 Å². The van der Waals surface area contributed by atoms with E-state index in [-0.39, 0.29) is 0 Å². The van der Waals surface area contributed by atoms with Crippen molar-refractivity contribution < 1.29 is 9.52 Å². The van der Waals surface area contributed by atoms with Gasteiger partial charge in [0.1, 0.15) is 5.76 Å². The standard InChI is InChI=1S/C11H12N2O2/c14-11(10-2-1-5-15-10)9-6-12-7-13(9)8-3-4-8/h1-2,5-8,11,14H,3-4H2. The maximum Gasteiger partial charge on any atom is 0.153 e. The first-order chi connectivity index (χ1) is 7.36. The van der Waals surface area contributed by atoms with Crippen LogP contribution in [0.5, 0.6) is 0 Å². The Balaban J connectivity index is 1.94. The van der Waals surface area contributed by atoms with Crippen molar-refractivity contribution in [3.63, 3.8) is 0 Å². The SMILES string of the molecule is OC(c1ccco1)c1cncn1C1CC1. The van der Waals surface area contributed by atoms with Crippen molar-refractivity contribution in [1.82, 2.24) is 9.55 Å². The molecule has 3 rings (SSSR count). The molecule has 15 heavy (non-hydrogen) atoms. The predicted molar refractivity (Wildman–Crippen MR) is 53.3 cm³/mol. The van der Waals surface area contributed by atoms with E-state index in [1.807, 2.05) is 4.57 Å². The minimum atomic E-state index is -0.705. The zero-order valence-corrected chi connectivity index (χ0v) is 8.21. The quantitative estimate of drug-likeness (QED) is 0.830. The summed E-state index contributed by atoms with van der Waals surface area (Å²) in [5.41, 5.74) is 0.812. The molecule has 1 N–H and O–H groups in total. The number of hydrogen-bond donors (Lipinski definition) is 1. The molecule has 1 aliphatic carbocycles. The van der Waals surface area contributed by atoms with Crippen molar-refractivity contribution in [3.05, 3.63) is 42.4 Å². The average molecular weight is 204 g/mol. The normalized spacial score (nSPS) is 17.9.